The fourth-order valence-corrected chi connectivity index (χ4v) is 2.60. The van der Waals surface area contributed by atoms with Crippen molar-refractivity contribution in [1.29, 1.82) is 0 Å². The lowest BCUT2D eigenvalue weighted by Crippen LogP contribution is -2.03. The highest BCUT2D eigenvalue weighted by molar-refractivity contribution is 7.85. The zero-order valence-corrected chi connectivity index (χ0v) is 11.2. The smallest absolute Gasteiger partial charge is 0.265 e. The topological polar surface area (TPSA) is 56.3 Å². The van der Waals surface area contributed by atoms with Gasteiger partial charge >= 0.3 is 6.18 Å². The van der Waals surface area contributed by atoms with Crippen LogP contribution in [-0.4, -0.2) is 19.7 Å². The quantitative estimate of drug-likeness (QED) is 0.818. The molecule has 0 amide bonds. The zero-order chi connectivity index (χ0) is 14.3. The standard InChI is InChI=1S/C10H8F3NO3S2/c1-19(15,16)17-5-6-2-3-7-8(4-6)18-9(14-7)10(11,12)13/h2-4H,5H2,1H3. The van der Waals surface area contributed by atoms with E-state index in [1.54, 1.807) is 0 Å². The number of halogens is 3. The molecule has 1 heterocycles. The summed E-state index contributed by atoms with van der Waals surface area (Å²) in [7, 11) is -3.59. The summed E-state index contributed by atoms with van der Waals surface area (Å²) in [5.74, 6) is 0. The molecule has 0 N–H and O–H groups in total. The lowest BCUT2D eigenvalue weighted by Gasteiger charge is -2.00. The molecule has 0 bridgehead atoms. The second-order valence-electron chi connectivity index (χ2n) is 3.79. The molecule has 2 rings (SSSR count). The van der Waals surface area contributed by atoms with E-state index in [2.05, 4.69) is 9.17 Å². The second kappa shape index (κ2) is 4.73. The molecule has 0 atom stereocenters. The number of thiazole rings is 1. The monoisotopic (exact) mass is 311 g/mol. The Bertz CT molecular complexity index is 706. The predicted molar refractivity (Wildman–Crippen MR) is 64.3 cm³/mol. The van der Waals surface area contributed by atoms with Crippen molar-refractivity contribution in [1.82, 2.24) is 4.98 Å². The van der Waals surface area contributed by atoms with E-state index in [9.17, 15) is 21.6 Å². The Morgan fingerprint density at radius 1 is 1.37 bits per heavy atom. The van der Waals surface area contributed by atoms with Crippen LogP contribution in [0.25, 0.3) is 10.2 Å². The SMILES string of the molecule is CS(=O)(=O)OCc1ccc2nc(C(F)(F)F)sc2c1. The second-order valence-corrected chi connectivity index (χ2v) is 6.46. The van der Waals surface area contributed by atoms with Gasteiger partial charge in [-0.1, -0.05) is 6.07 Å². The molecule has 1 aromatic heterocycles. The number of alkyl halides is 3. The Kier molecular flexibility index (Phi) is 3.54. The average Bonchev–Trinajstić information content (AvgIpc) is 2.67. The highest BCUT2D eigenvalue weighted by Gasteiger charge is 2.34. The lowest BCUT2D eigenvalue weighted by atomic mass is 10.2. The molecule has 104 valence electrons. The van der Waals surface area contributed by atoms with E-state index in [1.165, 1.54) is 18.2 Å². The van der Waals surface area contributed by atoms with Gasteiger partial charge in [0.25, 0.3) is 10.1 Å². The average molecular weight is 311 g/mol. The zero-order valence-electron chi connectivity index (χ0n) is 9.56. The summed E-state index contributed by atoms with van der Waals surface area (Å²) in [5, 5.41) is -0.927. The molecule has 0 unspecified atom stereocenters. The molecule has 0 saturated heterocycles. The van der Waals surface area contributed by atoms with Crippen LogP contribution in [0.15, 0.2) is 18.2 Å². The molecule has 0 aliphatic heterocycles. The first-order chi connectivity index (χ1) is 8.65. The molecule has 0 radical (unpaired) electrons. The minimum absolute atomic E-state index is 0.214. The molecule has 2 aromatic rings. The van der Waals surface area contributed by atoms with E-state index < -0.39 is 21.3 Å². The van der Waals surface area contributed by atoms with E-state index in [1.807, 2.05) is 0 Å². The van der Waals surface area contributed by atoms with Gasteiger partial charge in [0.2, 0.25) is 0 Å². The number of benzene rings is 1. The van der Waals surface area contributed by atoms with Gasteiger partial charge in [0, 0.05) is 0 Å². The first-order valence-corrected chi connectivity index (χ1v) is 7.59. The molecule has 1 aromatic carbocycles. The van der Waals surface area contributed by atoms with Crippen LogP contribution in [0.1, 0.15) is 10.6 Å². The van der Waals surface area contributed by atoms with E-state index in [-0.39, 0.29) is 12.1 Å². The molecule has 0 spiro atoms. The largest absolute Gasteiger partial charge is 0.443 e. The molecule has 0 aliphatic rings. The minimum atomic E-state index is -4.48. The van der Waals surface area contributed by atoms with E-state index >= 15 is 0 Å². The molecular formula is C10H8F3NO3S2. The molecule has 19 heavy (non-hydrogen) atoms. The Hall–Kier alpha value is -1.19. The van der Waals surface area contributed by atoms with E-state index in [4.69, 9.17) is 0 Å². The summed E-state index contributed by atoms with van der Waals surface area (Å²) >= 11 is 0.511. The van der Waals surface area contributed by atoms with Crippen molar-refractivity contribution in [3.05, 3.63) is 28.8 Å². The first kappa shape index (κ1) is 14.2. The van der Waals surface area contributed by atoms with Crippen molar-refractivity contribution in [2.24, 2.45) is 0 Å². The summed E-state index contributed by atoms with van der Waals surface area (Å²) < 4.78 is 64.0. The van der Waals surface area contributed by atoms with E-state index in [0.717, 1.165) is 6.26 Å². The predicted octanol–water partition coefficient (Wildman–Crippen LogP) is 2.79. The van der Waals surface area contributed by atoms with Gasteiger partial charge in [0.1, 0.15) is 0 Å². The summed E-state index contributed by atoms with van der Waals surface area (Å²) in [4.78, 5) is 3.47. The van der Waals surface area contributed by atoms with Crippen molar-refractivity contribution in [2.75, 3.05) is 6.26 Å². The third kappa shape index (κ3) is 3.64. The first-order valence-electron chi connectivity index (χ1n) is 4.96. The summed E-state index contributed by atoms with van der Waals surface area (Å²) in [5.41, 5.74) is 0.690. The van der Waals surface area contributed by atoms with Gasteiger partial charge in [-0.2, -0.15) is 21.6 Å². The van der Waals surface area contributed by atoms with Crippen molar-refractivity contribution >= 4 is 31.7 Å². The number of nitrogens with zero attached hydrogens (tertiary/aromatic N) is 1. The molecular weight excluding hydrogens is 303 g/mol. The van der Waals surface area contributed by atoms with Crippen LogP contribution in [0.5, 0.6) is 0 Å². The Balaban J connectivity index is 2.30. The molecule has 0 aliphatic carbocycles. The molecule has 9 heteroatoms. The molecule has 0 fully saturated rings. The minimum Gasteiger partial charge on any atom is -0.265 e. The fourth-order valence-electron chi connectivity index (χ4n) is 1.36. The number of hydrogen-bond donors (Lipinski definition) is 0. The maximum atomic E-state index is 12.5. The summed E-state index contributed by atoms with van der Waals surface area (Å²) in [6.07, 6.45) is -3.58. The van der Waals surface area contributed by atoms with Gasteiger partial charge in [-0.3, -0.25) is 4.18 Å². The van der Waals surface area contributed by atoms with E-state index in [0.29, 0.717) is 21.6 Å². The Morgan fingerprint density at radius 2 is 2.05 bits per heavy atom. The van der Waals surface area contributed by atoms with Gasteiger partial charge in [-0.05, 0) is 17.7 Å². The van der Waals surface area contributed by atoms with Crippen LogP contribution >= 0.6 is 11.3 Å². The highest BCUT2D eigenvalue weighted by Crippen LogP contribution is 2.35. The maximum Gasteiger partial charge on any atom is 0.443 e. The lowest BCUT2D eigenvalue weighted by molar-refractivity contribution is -0.137. The van der Waals surface area contributed by atoms with Gasteiger partial charge in [0.15, 0.2) is 5.01 Å². The highest BCUT2D eigenvalue weighted by atomic mass is 32.2. The number of hydrogen-bond acceptors (Lipinski definition) is 5. The van der Waals surface area contributed by atoms with Crippen LogP contribution in [0.3, 0.4) is 0 Å². The van der Waals surface area contributed by atoms with Crippen LogP contribution < -0.4 is 0 Å². The van der Waals surface area contributed by atoms with Gasteiger partial charge in [-0.15, -0.1) is 11.3 Å². The fraction of sp³-hybridized carbons (Fsp3) is 0.300. The Morgan fingerprint density at radius 3 is 2.63 bits per heavy atom. The Labute approximate surface area is 111 Å². The van der Waals surface area contributed by atoms with Crippen LogP contribution in [-0.2, 0) is 27.1 Å². The maximum absolute atomic E-state index is 12.5. The van der Waals surface area contributed by atoms with Crippen molar-refractivity contribution in [3.63, 3.8) is 0 Å². The third-order valence-electron chi connectivity index (χ3n) is 2.14. The molecule has 4 nitrogen and oxygen atoms in total. The van der Waals surface area contributed by atoms with Crippen molar-refractivity contribution < 1.29 is 25.8 Å². The summed E-state index contributed by atoms with van der Waals surface area (Å²) in [6, 6.07) is 4.32. The summed E-state index contributed by atoms with van der Waals surface area (Å²) in [6.45, 7) is -0.214. The third-order valence-corrected chi connectivity index (χ3v) is 3.74. The van der Waals surface area contributed by atoms with Gasteiger partial charge < -0.3 is 0 Å². The van der Waals surface area contributed by atoms with Crippen molar-refractivity contribution in [2.45, 2.75) is 12.8 Å². The number of aromatic nitrogens is 1. The normalized spacial score (nSPS) is 13.1. The number of fused-ring (bicyclic) bond motifs is 1. The van der Waals surface area contributed by atoms with Gasteiger partial charge in [0.05, 0.1) is 23.1 Å². The van der Waals surface area contributed by atoms with Crippen molar-refractivity contribution in [3.8, 4) is 0 Å². The van der Waals surface area contributed by atoms with Crippen LogP contribution in [0, 0.1) is 0 Å². The molecule has 0 saturated carbocycles. The van der Waals surface area contributed by atoms with Crippen LogP contribution in [0.4, 0.5) is 13.2 Å². The van der Waals surface area contributed by atoms with Gasteiger partial charge in [-0.25, -0.2) is 4.98 Å². The number of rotatable bonds is 3. The van der Waals surface area contributed by atoms with Crippen LogP contribution in [0.2, 0.25) is 0 Å².